The summed E-state index contributed by atoms with van der Waals surface area (Å²) in [5.41, 5.74) is 6.16. The smallest absolute Gasteiger partial charge is 0.351 e. The lowest BCUT2D eigenvalue weighted by atomic mass is 9.96. The highest BCUT2D eigenvalue weighted by molar-refractivity contribution is 8.19. The fourth-order valence-electron chi connectivity index (χ4n) is 2.14. The van der Waals surface area contributed by atoms with Crippen LogP contribution in [0.5, 0.6) is 0 Å². The van der Waals surface area contributed by atoms with E-state index in [4.69, 9.17) is 14.6 Å². The minimum atomic E-state index is -2.66. The average Bonchev–Trinajstić information content (AvgIpc) is 2.39. The molecule has 0 aromatic heterocycles. The number of amides is 1. The molecule has 0 aromatic carbocycles. The van der Waals surface area contributed by atoms with Crippen LogP contribution in [-0.2, 0) is 20.0 Å². The Morgan fingerprint density at radius 1 is 1.40 bits per heavy atom. The zero-order valence-electron chi connectivity index (χ0n) is 12.8. The zero-order valence-corrected chi connectivity index (χ0v) is 14.5. The second-order valence-corrected chi connectivity index (χ2v) is 9.84. The molecule has 2 unspecified atom stereocenters. The predicted octanol–water partition coefficient (Wildman–Crippen LogP) is 3.60. The molecule has 0 aromatic rings. The van der Waals surface area contributed by atoms with Gasteiger partial charge in [-0.05, 0) is 26.7 Å². The molecule has 1 amide bonds. The van der Waals surface area contributed by atoms with Crippen molar-refractivity contribution in [2.24, 2.45) is 5.50 Å². The van der Waals surface area contributed by atoms with E-state index in [1.165, 1.54) is 30.2 Å². The highest BCUT2D eigenvalue weighted by Crippen LogP contribution is 2.43. The van der Waals surface area contributed by atoms with Crippen molar-refractivity contribution in [2.75, 3.05) is 6.61 Å². The van der Waals surface area contributed by atoms with Gasteiger partial charge >= 0.3 is 12.7 Å². The molecular formula is C13H28N2O3PS+. The van der Waals surface area contributed by atoms with Crippen molar-refractivity contribution in [1.29, 1.82) is 0 Å². The lowest BCUT2D eigenvalue weighted by Crippen LogP contribution is -2.36. The van der Waals surface area contributed by atoms with Crippen molar-refractivity contribution in [3.63, 3.8) is 0 Å². The van der Waals surface area contributed by atoms with Gasteiger partial charge in [0.25, 0.3) is 0 Å². The SMILES string of the molecule is CCOP(N)(OC(=O)NC1CCCCC1)=[S+]C(C)CC. The summed E-state index contributed by atoms with van der Waals surface area (Å²) in [6, 6.07) is 0.222. The Kier molecular flexibility index (Phi) is 8.03. The molecule has 1 aliphatic carbocycles. The third-order valence-corrected chi connectivity index (χ3v) is 7.87. The van der Waals surface area contributed by atoms with Gasteiger partial charge in [-0.25, -0.2) is 10.3 Å². The van der Waals surface area contributed by atoms with E-state index >= 15 is 0 Å². The number of hydrogen-bond donors (Lipinski definition) is 2. The maximum atomic E-state index is 12.0. The normalized spacial score (nSPS) is 20.8. The summed E-state index contributed by atoms with van der Waals surface area (Å²) in [6.45, 7) is 3.79. The minimum absolute atomic E-state index is 0.222. The van der Waals surface area contributed by atoms with Crippen molar-refractivity contribution in [2.45, 2.75) is 70.6 Å². The maximum absolute atomic E-state index is 12.0. The van der Waals surface area contributed by atoms with Crippen LogP contribution in [0.25, 0.3) is 0 Å². The minimum Gasteiger partial charge on any atom is -0.351 e. The molecule has 0 radical (unpaired) electrons. The van der Waals surface area contributed by atoms with Gasteiger partial charge in [-0.3, -0.25) is 4.52 Å². The number of nitrogens with one attached hydrogen (secondary N) is 1. The fourth-order valence-corrected chi connectivity index (χ4v) is 6.37. The molecule has 20 heavy (non-hydrogen) atoms. The summed E-state index contributed by atoms with van der Waals surface area (Å²) in [6.07, 6.45) is 6.17. The van der Waals surface area contributed by atoms with Crippen molar-refractivity contribution in [3.05, 3.63) is 0 Å². The molecule has 0 saturated heterocycles. The lowest BCUT2D eigenvalue weighted by molar-refractivity contribution is 0.186. The van der Waals surface area contributed by atoms with E-state index in [1.807, 2.05) is 6.92 Å². The van der Waals surface area contributed by atoms with Gasteiger partial charge < -0.3 is 9.84 Å². The lowest BCUT2D eigenvalue weighted by Gasteiger charge is -2.22. The molecule has 0 bridgehead atoms. The van der Waals surface area contributed by atoms with Crippen molar-refractivity contribution in [1.82, 2.24) is 5.32 Å². The van der Waals surface area contributed by atoms with Gasteiger partial charge in [0.15, 0.2) is 5.25 Å². The highest BCUT2D eigenvalue weighted by atomic mass is 32.5. The molecule has 1 fully saturated rings. The second-order valence-electron chi connectivity index (χ2n) is 5.14. The van der Waals surface area contributed by atoms with Crippen molar-refractivity contribution >= 4 is 23.7 Å². The largest absolute Gasteiger partial charge is 0.506 e. The quantitative estimate of drug-likeness (QED) is 0.578. The van der Waals surface area contributed by atoms with Crippen LogP contribution in [0.4, 0.5) is 4.79 Å². The zero-order chi connectivity index (χ0) is 15.0. The van der Waals surface area contributed by atoms with Crippen molar-refractivity contribution in [3.8, 4) is 0 Å². The van der Waals surface area contributed by atoms with E-state index in [2.05, 4.69) is 19.2 Å². The standard InChI is InChI=1S/C13H27N2O3PS/c1-4-11(3)20-19(14,17-5-2)18-13(16)15-12-9-7-6-8-10-12/h11-12H,4-10,14H2,1-3H3/p+1. The van der Waals surface area contributed by atoms with Crippen LogP contribution < -0.4 is 10.8 Å². The van der Waals surface area contributed by atoms with E-state index < -0.39 is 12.7 Å². The Labute approximate surface area is 126 Å². The topological polar surface area (TPSA) is 73.6 Å². The van der Waals surface area contributed by atoms with Gasteiger partial charge in [0.1, 0.15) is 0 Å². The molecule has 1 rings (SSSR count). The van der Waals surface area contributed by atoms with E-state index in [1.54, 1.807) is 0 Å². The first-order chi connectivity index (χ1) is 9.49. The van der Waals surface area contributed by atoms with Crippen LogP contribution in [0, 0.1) is 0 Å². The Bertz CT molecular complexity index is 360. The number of hydrogen-bond acceptors (Lipinski definition) is 3. The van der Waals surface area contributed by atoms with Crippen LogP contribution in [0.1, 0.15) is 59.3 Å². The number of carbonyl (C=O) groups is 1. The van der Waals surface area contributed by atoms with E-state index in [9.17, 15) is 4.79 Å². The number of rotatable bonds is 6. The van der Waals surface area contributed by atoms with E-state index in [0.717, 1.165) is 19.3 Å². The molecule has 2 atom stereocenters. The van der Waals surface area contributed by atoms with Crippen molar-refractivity contribution < 1.29 is 13.8 Å². The Morgan fingerprint density at radius 2 is 2.05 bits per heavy atom. The first-order valence-corrected chi connectivity index (χ1v) is 10.7. The fraction of sp³-hybridized carbons (Fsp3) is 0.923. The van der Waals surface area contributed by atoms with Crippen LogP contribution >= 0.6 is 6.64 Å². The Balaban J connectivity index is 2.59. The summed E-state index contributed by atoms with van der Waals surface area (Å²) >= 11 is 0. The van der Waals surface area contributed by atoms with Crippen LogP contribution in [0.15, 0.2) is 0 Å². The van der Waals surface area contributed by atoms with Crippen LogP contribution in [0.3, 0.4) is 0 Å². The van der Waals surface area contributed by atoms with Gasteiger partial charge in [0.05, 0.1) is 6.61 Å². The van der Waals surface area contributed by atoms with Gasteiger partial charge in [-0.2, -0.15) is 0 Å². The summed E-state index contributed by atoms with van der Waals surface area (Å²) in [5.74, 6) is 0. The maximum Gasteiger partial charge on any atom is 0.506 e. The van der Waals surface area contributed by atoms with Gasteiger partial charge in [-0.1, -0.05) is 26.2 Å². The number of carbonyl (C=O) groups excluding carboxylic acids is 1. The third kappa shape index (κ3) is 6.53. The van der Waals surface area contributed by atoms with Gasteiger partial charge in [0.2, 0.25) is 10.9 Å². The Hall–Kier alpha value is -0.160. The molecule has 7 heteroatoms. The molecule has 0 aliphatic heterocycles. The Morgan fingerprint density at radius 3 is 2.60 bits per heavy atom. The molecule has 5 nitrogen and oxygen atoms in total. The monoisotopic (exact) mass is 323 g/mol. The molecule has 118 valence electrons. The third-order valence-electron chi connectivity index (χ3n) is 3.35. The predicted molar refractivity (Wildman–Crippen MR) is 86.3 cm³/mol. The summed E-state index contributed by atoms with van der Waals surface area (Å²) in [4.78, 5) is 12.0. The number of nitrogens with two attached hydrogens (primary N) is 1. The summed E-state index contributed by atoms with van der Waals surface area (Å²) in [5, 5.41) is 3.23. The molecular weight excluding hydrogens is 295 g/mol. The van der Waals surface area contributed by atoms with E-state index in [-0.39, 0.29) is 6.04 Å². The molecule has 0 spiro atoms. The van der Waals surface area contributed by atoms with Crippen LogP contribution in [0.2, 0.25) is 0 Å². The highest BCUT2D eigenvalue weighted by Gasteiger charge is 2.34. The molecule has 0 heterocycles. The van der Waals surface area contributed by atoms with Gasteiger partial charge in [0, 0.05) is 12.5 Å². The molecule has 3 N–H and O–H groups in total. The van der Waals surface area contributed by atoms with E-state index in [0.29, 0.717) is 11.9 Å². The summed E-state index contributed by atoms with van der Waals surface area (Å²) in [7, 11) is 1.45. The second kappa shape index (κ2) is 8.98. The first kappa shape index (κ1) is 17.9. The van der Waals surface area contributed by atoms with Crippen LogP contribution in [-0.4, -0.2) is 24.0 Å². The molecule has 1 aliphatic rings. The first-order valence-electron chi connectivity index (χ1n) is 7.49. The molecule has 1 saturated carbocycles. The summed E-state index contributed by atoms with van der Waals surface area (Å²) < 4.78 is 11.0. The van der Waals surface area contributed by atoms with Gasteiger partial charge in [-0.15, -0.1) is 0 Å². The average molecular weight is 323 g/mol.